The Hall–Kier alpha value is -1.40. The fraction of sp³-hybridized carbons (Fsp3) is 0.778. The smallest absolute Gasteiger partial charge is 0.222 e. The molecule has 3 rings (SSSR count). The maximum Gasteiger partial charge on any atom is 0.222 e. The van der Waals surface area contributed by atoms with Crippen molar-refractivity contribution in [1.82, 2.24) is 14.9 Å². The van der Waals surface area contributed by atoms with Crippen LogP contribution in [0.4, 0.5) is 11.8 Å². The van der Waals surface area contributed by atoms with Gasteiger partial charge >= 0.3 is 0 Å². The van der Waals surface area contributed by atoms with Gasteiger partial charge in [-0.2, -0.15) is 4.98 Å². The van der Waals surface area contributed by atoms with Crippen molar-refractivity contribution in [2.45, 2.75) is 56.9 Å². The molecule has 0 radical (unpaired) electrons. The van der Waals surface area contributed by atoms with E-state index in [1.807, 2.05) is 0 Å². The minimum absolute atomic E-state index is 0.320. The second-order valence-corrected chi connectivity index (χ2v) is 7.47. The lowest BCUT2D eigenvalue weighted by Gasteiger charge is -2.32. The lowest BCUT2D eigenvalue weighted by atomic mass is 9.78. The van der Waals surface area contributed by atoms with E-state index in [2.05, 4.69) is 32.9 Å². The summed E-state index contributed by atoms with van der Waals surface area (Å²) in [5, 5.41) is 0. The molecular weight excluding hydrogens is 300 g/mol. The Labute approximate surface area is 145 Å². The van der Waals surface area contributed by atoms with Crippen molar-refractivity contribution < 1.29 is 0 Å². The number of likely N-dealkylation sites (tertiary alicyclic amines) is 1. The summed E-state index contributed by atoms with van der Waals surface area (Å²) < 4.78 is 0. The Morgan fingerprint density at radius 1 is 1.17 bits per heavy atom. The van der Waals surface area contributed by atoms with Crippen LogP contribution in [0.1, 0.15) is 56.6 Å². The Balaban J connectivity index is 1.51. The van der Waals surface area contributed by atoms with Crippen molar-refractivity contribution >= 4 is 11.8 Å². The minimum atomic E-state index is 0.320. The molecule has 0 aromatic carbocycles. The Morgan fingerprint density at radius 3 is 2.54 bits per heavy atom. The van der Waals surface area contributed by atoms with E-state index in [0.717, 1.165) is 37.3 Å². The summed E-state index contributed by atoms with van der Waals surface area (Å²) in [5.41, 5.74) is 12.9. The fourth-order valence-corrected chi connectivity index (χ4v) is 3.79. The van der Waals surface area contributed by atoms with Crippen molar-refractivity contribution in [2.75, 3.05) is 43.9 Å². The van der Waals surface area contributed by atoms with Gasteiger partial charge in [0.1, 0.15) is 5.82 Å². The predicted octanol–water partition coefficient (Wildman–Crippen LogP) is 1.97. The number of hydrogen-bond donors (Lipinski definition) is 2. The SMILES string of the molecule is CN(CCCN1CCCCCC1)c1cc(C2CC(N)C2)nc(N)n1. The first-order valence-electron chi connectivity index (χ1n) is 9.45. The van der Waals surface area contributed by atoms with E-state index in [0.29, 0.717) is 17.9 Å². The first-order chi connectivity index (χ1) is 11.6. The third-order valence-corrected chi connectivity index (χ3v) is 5.40. The highest BCUT2D eigenvalue weighted by atomic mass is 15.2. The van der Waals surface area contributed by atoms with Gasteiger partial charge < -0.3 is 21.3 Å². The molecule has 4 N–H and O–H groups in total. The highest BCUT2D eigenvalue weighted by Gasteiger charge is 2.29. The second kappa shape index (κ2) is 8.12. The van der Waals surface area contributed by atoms with Gasteiger partial charge in [-0.25, -0.2) is 4.98 Å². The number of hydrogen-bond acceptors (Lipinski definition) is 6. The number of anilines is 2. The van der Waals surface area contributed by atoms with Crippen LogP contribution in [-0.2, 0) is 0 Å². The van der Waals surface area contributed by atoms with Crippen LogP contribution in [0.2, 0.25) is 0 Å². The van der Waals surface area contributed by atoms with E-state index in [4.69, 9.17) is 11.5 Å². The van der Waals surface area contributed by atoms with Crippen LogP contribution in [0.25, 0.3) is 0 Å². The lowest BCUT2D eigenvalue weighted by Crippen LogP contribution is -2.35. The molecule has 2 heterocycles. The van der Waals surface area contributed by atoms with Crippen LogP contribution >= 0.6 is 0 Å². The third-order valence-electron chi connectivity index (χ3n) is 5.40. The molecule has 1 aromatic rings. The molecule has 1 saturated carbocycles. The van der Waals surface area contributed by atoms with Crippen molar-refractivity contribution in [1.29, 1.82) is 0 Å². The van der Waals surface area contributed by atoms with Crippen molar-refractivity contribution in [3.8, 4) is 0 Å². The zero-order chi connectivity index (χ0) is 16.9. The zero-order valence-electron chi connectivity index (χ0n) is 15.0. The van der Waals surface area contributed by atoms with Crippen molar-refractivity contribution in [3.63, 3.8) is 0 Å². The Bertz CT molecular complexity index is 520. The molecule has 1 saturated heterocycles. The summed E-state index contributed by atoms with van der Waals surface area (Å²) in [6.45, 7) is 4.69. The van der Waals surface area contributed by atoms with Gasteiger partial charge in [-0.05, 0) is 51.7 Å². The van der Waals surface area contributed by atoms with Gasteiger partial charge in [0.05, 0.1) is 5.69 Å². The molecule has 1 aromatic heterocycles. The molecule has 134 valence electrons. The molecule has 0 unspecified atom stereocenters. The van der Waals surface area contributed by atoms with E-state index < -0.39 is 0 Å². The average Bonchev–Trinajstić information content (AvgIpc) is 2.80. The second-order valence-electron chi connectivity index (χ2n) is 7.47. The van der Waals surface area contributed by atoms with Gasteiger partial charge in [-0.3, -0.25) is 0 Å². The monoisotopic (exact) mass is 332 g/mol. The number of nitrogen functional groups attached to an aromatic ring is 1. The first-order valence-corrected chi connectivity index (χ1v) is 9.45. The van der Waals surface area contributed by atoms with E-state index in [-0.39, 0.29) is 0 Å². The third kappa shape index (κ3) is 4.57. The first kappa shape index (κ1) is 17.4. The van der Waals surface area contributed by atoms with Gasteiger partial charge in [-0.15, -0.1) is 0 Å². The molecule has 0 atom stereocenters. The quantitative estimate of drug-likeness (QED) is 0.828. The average molecular weight is 332 g/mol. The topological polar surface area (TPSA) is 84.3 Å². The van der Waals surface area contributed by atoms with Gasteiger partial charge in [0.15, 0.2) is 0 Å². The highest BCUT2D eigenvalue weighted by molar-refractivity contribution is 5.44. The number of aromatic nitrogens is 2. The molecule has 2 fully saturated rings. The lowest BCUT2D eigenvalue weighted by molar-refractivity contribution is 0.283. The van der Waals surface area contributed by atoms with Crippen LogP contribution in [0.3, 0.4) is 0 Å². The molecule has 1 aliphatic carbocycles. The van der Waals surface area contributed by atoms with Gasteiger partial charge in [-0.1, -0.05) is 12.8 Å². The summed E-state index contributed by atoms with van der Waals surface area (Å²) in [5.74, 6) is 1.77. The Morgan fingerprint density at radius 2 is 1.88 bits per heavy atom. The normalized spacial score (nSPS) is 25.1. The fourth-order valence-electron chi connectivity index (χ4n) is 3.79. The molecule has 6 heteroatoms. The molecule has 2 aliphatic rings. The molecule has 0 bridgehead atoms. The summed E-state index contributed by atoms with van der Waals surface area (Å²) in [6.07, 6.45) is 8.66. The number of nitrogens with zero attached hydrogens (tertiary/aromatic N) is 4. The maximum absolute atomic E-state index is 5.92. The van der Waals surface area contributed by atoms with E-state index in [1.165, 1.54) is 45.3 Å². The summed E-state index contributed by atoms with van der Waals surface area (Å²) >= 11 is 0. The van der Waals surface area contributed by atoms with E-state index in [9.17, 15) is 0 Å². The van der Waals surface area contributed by atoms with Crippen molar-refractivity contribution in [3.05, 3.63) is 11.8 Å². The van der Waals surface area contributed by atoms with Gasteiger partial charge in [0.2, 0.25) is 5.95 Å². The van der Waals surface area contributed by atoms with Gasteiger partial charge in [0.25, 0.3) is 0 Å². The highest BCUT2D eigenvalue weighted by Crippen LogP contribution is 2.35. The molecular formula is C18H32N6. The number of rotatable bonds is 6. The maximum atomic E-state index is 5.92. The summed E-state index contributed by atoms with van der Waals surface area (Å²) in [6, 6.07) is 2.42. The van der Waals surface area contributed by atoms with Crippen LogP contribution in [0.5, 0.6) is 0 Å². The predicted molar refractivity (Wildman–Crippen MR) is 99.2 cm³/mol. The van der Waals surface area contributed by atoms with Crippen LogP contribution in [0, 0.1) is 0 Å². The minimum Gasteiger partial charge on any atom is -0.368 e. The van der Waals surface area contributed by atoms with E-state index in [1.54, 1.807) is 0 Å². The summed E-state index contributed by atoms with van der Waals surface area (Å²) in [4.78, 5) is 13.6. The molecule has 24 heavy (non-hydrogen) atoms. The largest absolute Gasteiger partial charge is 0.368 e. The zero-order valence-corrected chi connectivity index (χ0v) is 15.0. The summed E-state index contributed by atoms with van der Waals surface area (Å²) in [7, 11) is 2.10. The van der Waals surface area contributed by atoms with Crippen molar-refractivity contribution in [2.24, 2.45) is 5.73 Å². The van der Waals surface area contributed by atoms with Crippen LogP contribution in [-0.4, -0.2) is 54.1 Å². The van der Waals surface area contributed by atoms with Gasteiger partial charge in [0, 0.05) is 31.6 Å². The van der Waals surface area contributed by atoms with E-state index >= 15 is 0 Å². The number of nitrogens with two attached hydrogens (primary N) is 2. The Kier molecular flexibility index (Phi) is 5.89. The molecule has 0 spiro atoms. The molecule has 0 amide bonds. The van der Waals surface area contributed by atoms with Crippen LogP contribution < -0.4 is 16.4 Å². The molecule has 6 nitrogen and oxygen atoms in total. The molecule has 1 aliphatic heterocycles. The standard InChI is InChI=1S/C18H32N6/c1-23(7-6-10-24-8-4-2-3-5-9-24)17-13-16(21-18(20)22-17)14-11-15(19)12-14/h13-15H,2-12,19H2,1H3,(H2,20,21,22). The van der Waals surface area contributed by atoms with Crippen LogP contribution in [0.15, 0.2) is 6.07 Å².